The molecular formula is C14H22N2O. The second-order valence-electron chi connectivity index (χ2n) is 4.86. The minimum absolute atomic E-state index is 0.445. The fourth-order valence-electron chi connectivity index (χ4n) is 2.56. The number of hydrogen-bond acceptors (Lipinski definition) is 3. The van der Waals surface area contributed by atoms with Crippen LogP contribution in [0.15, 0.2) is 12.1 Å². The average Bonchev–Trinajstić information content (AvgIpc) is 2.26. The van der Waals surface area contributed by atoms with Crippen LogP contribution in [-0.4, -0.2) is 27.2 Å². The minimum Gasteiger partial charge on any atom is -0.496 e. The van der Waals surface area contributed by atoms with E-state index in [1.165, 1.54) is 16.7 Å². The van der Waals surface area contributed by atoms with Crippen LogP contribution in [0.4, 0.5) is 0 Å². The Hall–Kier alpha value is -1.06. The molecule has 1 heterocycles. The lowest BCUT2D eigenvalue weighted by atomic mass is 9.86. The van der Waals surface area contributed by atoms with E-state index in [0.717, 1.165) is 18.8 Å². The van der Waals surface area contributed by atoms with Crippen molar-refractivity contribution >= 4 is 0 Å². The zero-order chi connectivity index (χ0) is 12.4. The van der Waals surface area contributed by atoms with Crippen LogP contribution in [0.25, 0.3) is 0 Å². The normalized spacial score (nSPS) is 17.6. The molecule has 1 aliphatic heterocycles. The fraction of sp³-hybridized carbons (Fsp3) is 0.571. The molecule has 94 valence electrons. The van der Waals surface area contributed by atoms with Crippen LogP contribution in [-0.2, 0) is 0 Å². The molecule has 1 fully saturated rings. The molecule has 3 heteroatoms. The Labute approximate surface area is 104 Å². The predicted octanol–water partition coefficient (Wildman–Crippen LogP) is 1.79. The van der Waals surface area contributed by atoms with Crippen LogP contribution in [0.3, 0.4) is 0 Å². The summed E-state index contributed by atoms with van der Waals surface area (Å²) in [7, 11) is 3.77. The SMILES string of the molecule is CNC(c1cc(C)c(OC)cc1C)C1CNC1. The molecule has 0 aliphatic carbocycles. The Morgan fingerprint density at radius 3 is 2.47 bits per heavy atom. The molecule has 1 aromatic carbocycles. The van der Waals surface area contributed by atoms with Gasteiger partial charge in [0.25, 0.3) is 0 Å². The Balaban J connectivity index is 2.32. The molecule has 0 bridgehead atoms. The summed E-state index contributed by atoms with van der Waals surface area (Å²) in [4.78, 5) is 0. The van der Waals surface area contributed by atoms with Crippen LogP contribution in [0.1, 0.15) is 22.7 Å². The van der Waals surface area contributed by atoms with Gasteiger partial charge in [0, 0.05) is 25.0 Å². The maximum absolute atomic E-state index is 5.36. The molecule has 0 saturated carbocycles. The van der Waals surface area contributed by atoms with Crippen molar-refractivity contribution in [1.29, 1.82) is 0 Å². The average molecular weight is 234 g/mol. The molecule has 0 spiro atoms. The second kappa shape index (κ2) is 5.07. The maximum atomic E-state index is 5.36. The number of rotatable bonds is 4. The van der Waals surface area contributed by atoms with Crippen LogP contribution < -0.4 is 15.4 Å². The zero-order valence-electron chi connectivity index (χ0n) is 11.1. The molecule has 1 saturated heterocycles. The van der Waals surface area contributed by atoms with Crippen LogP contribution >= 0.6 is 0 Å². The van der Waals surface area contributed by atoms with Gasteiger partial charge in [-0.2, -0.15) is 0 Å². The van der Waals surface area contributed by atoms with Crippen molar-refractivity contribution in [2.24, 2.45) is 5.92 Å². The molecule has 0 amide bonds. The number of hydrogen-bond donors (Lipinski definition) is 2. The first-order chi connectivity index (χ1) is 8.17. The third-order valence-electron chi connectivity index (χ3n) is 3.71. The molecule has 1 atom stereocenters. The van der Waals surface area contributed by atoms with Crippen LogP contribution in [0.5, 0.6) is 5.75 Å². The third kappa shape index (κ3) is 2.31. The third-order valence-corrected chi connectivity index (χ3v) is 3.71. The summed E-state index contributed by atoms with van der Waals surface area (Å²) in [6, 6.07) is 4.84. The first-order valence-electron chi connectivity index (χ1n) is 6.20. The minimum atomic E-state index is 0.445. The van der Waals surface area contributed by atoms with E-state index in [9.17, 15) is 0 Å². The smallest absolute Gasteiger partial charge is 0.122 e. The van der Waals surface area contributed by atoms with Gasteiger partial charge >= 0.3 is 0 Å². The molecule has 2 N–H and O–H groups in total. The molecule has 3 nitrogen and oxygen atoms in total. The van der Waals surface area contributed by atoms with Gasteiger partial charge in [0.1, 0.15) is 5.75 Å². The van der Waals surface area contributed by atoms with Gasteiger partial charge in [0.05, 0.1) is 7.11 Å². The van der Waals surface area contributed by atoms with Crippen molar-refractivity contribution in [3.63, 3.8) is 0 Å². The molecular weight excluding hydrogens is 212 g/mol. The van der Waals surface area contributed by atoms with E-state index < -0.39 is 0 Å². The Kier molecular flexibility index (Phi) is 3.69. The van der Waals surface area contributed by atoms with Crippen molar-refractivity contribution in [2.45, 2.75) is 19.9 Å². The molecule has 0 radical (unpaired) electrons. The van der Waals surface area contributed by atoms with Gasteiger partial charge in [0.2, 0.25) is 0 Å². The Bertz CT molecular complexity index is 399. The van der Waals surface area contributed by atoms with E-state index in [4.69, 9.17) is 4.74 Å². The summed E-state index contributed by atoms with van der Waals surface area (Å²) in [6.07, 6.45) is 0. The quantitative estimate of drug-likeness (QED) is 0.833. The predicted molar refractivity (Wildman–Crippen MR) is 70.6 cm³/mol. The highest BCUT2D eigenvalue weighted by atomic mass is 16.5. The summed E-state index contributed by atoms with van der Waals surface area (Å²) < 4.78 is 5.36. The van der Waals surface area contributed by atoms with Gasteiger partial charge in [-0.3, -0.25) is 0 Å². The number of aryl methyl sites for hydroxylation is 2. The molecule has 0 aromatic heterocycles. The van der Waals surface area contributed by atoms with Crippen molar-refractivity contribution in [2.75, 3.05) is 27.2 Å². The number of methoxy groups -OCH3 is 1. The van der Waals surface area contributed by atoms with E-state index in [1.54, 1.807) is 7.11 Å². The van der Waals surface area contributed by atoms with Crippen LogP contribution in [0, 0.1) is 19.8 Å². The monoisotopic (exact) mass is 234 g/mol. The molecule has 2 rings (SSSR count). The van der Waals surface area contributed by atoms with Gasteiger partial charge in [0.15, 0.2) is 0 Å². The number of benzene rings is 1. The standard InChI is InChI=1S/C14H22N2O/c1-9-6-13(17-4)10(2)5-12(9)14(15-3)11-7-16-8-11/h5-6,11,14-16H,7-8H2,1-4H3. The van der Waals surface area contributed by atoms with E-state index in [1.807, 2.05) is 7.05 Å². The first-order valence-corrected chi connectivity index (χ1v) is 6.20. The summed E-state index contributed by atoms with van der Waals surface area (Å²) >= 11 is 0. The first kappa shape index (κ1) is 12.4. The van der Waals surface area contributed by atoms with Gasteiger partial charge in [-0.15, -0.1) is 0 Å². The van der Waals surface area contributed by atoms with Gasteiger partial charge < -0.3 is 15.4 Å². The van der Waals surface area contributed by atoms with Gasteiger partial charge in [-0.1, -0.05) is 6.07 Å². The van der Waals surface area contributed by atoms with Crippen molar-refractivity contribution in [3.8, 4) is 5.75 Å². The lowest BCUT2D eigenvalue weighted by molar-refractivity contribution is 0.267. The van der Waals surface area contributed by atoms with Crippen molar-refractivity contribution in [1.82, 2.24) is 10.6 Å². The lowest BCUT2D eigenvalue weighted by Gasteiger charge is -2.35. The summed E-state index contributed by atoms with van der Waals surface area (Å²) in [5, 5.41) is 6.78. The van der Waals surface area contributed by atoms with E-state index in [2.05, 4.69) is 36.6 Å². The summed E-state index contributed by atoms with van der Waals surface area (Å²) in [5.74, 6) is 1.68. The van der Waals surface area contributed by atoms with Crippen molar-refractivity contribution in [3.05, 3.63) is 28.8 Å². The van der Waals surface area contributed by atoms with E-state index in [-0.39, 0.29) is 0 Å². The largest absolute Gasteiger partial charge is 0.496 e. The Morgan fingerprint density at radius 1 is 1.29 bits per heavy atom. The zero-order valence-corrected chi connectivity index (χ0v) is 11.1. The Morgan fingerprint density at radius 2 is 2.00 bits per heavy atom. The molecule has 17 heavy (non-hydrogen) atoms. The summed E-state index contributed by atoms with van der Waals surface area (Å²) in [6.45, 7) is 6.48. The molecule has 1 unspecified atom stereocenters. The number of ether oxygens (including phenoxy) is 1. The molecule has 1 aliphatic rings. The highest BCUT2D eigenvalue weighted by Crippen LogP contribution is 2.31. The summed E-state index contributed by atoms with van der Waals surface area (Å²) in [5.41, 5.74) is 3.91. The highest BCUT2D eigenvalue weighted by molar-refractivity contribution is 5.43. The topological polar surface area (TPSA) is 33.3 Å². The molecule has 1 aromatic rings. The van der Waals surface area contributed by atoms with Gasteiger partial charge in [-0.05, 0) is 43.7 Å². The fourth-order valence-corrected chi connectivity index (χ4v) is 2.56. The van der Waals surface area contributed by atoms with E-state index in [0.29, 0.717) is 12.0 Å². The second-order valence-corrected chi connectivity index (χ2v) is 4.86. The highest BCUT2D eigenvalue weighted by Gasteiger charge is 2.28. The maximum Gasteiger partial charge on any atom is 0.122 e. The van der Waals surface area contributed by atoms with Crippen LogP contribution in [0.2, 0.25) is 0 Å². The van der Waals surface area contributed by atoms with Gasteiger partial charge in [-0.25, -0.2) is 0 Å². The number of nitrogens with one attached hydrogen (secondary N) is 2. The lowest BCUT2D eigenvalue weighted by Crippen LogP contribution is -2.48. The van der Waals surface area contributed by atoms with Crippen molar-refractivity contribution < 1.29 is 4.74 Å². The van der Waals surface area contributed by atoms with E-state index >= 15 is 0 Å².